The Bertz CT molecular complexity index is 691. The van der Waals surface area contributed by atoms with Crippen molar-refractivity contribution in [2.24, 2.45) is 0 Å². The topological polar surface area (TPSA) is 78.6 Å². The molecule has 1 unspecified atom stereocenters. The van der Waals surface area contributed by atoms with Crippen LogP contribution in [0.5, 0.6) is 0 Å². The second-order valence-corrected chi connectivity index (χ2v) is 5.91. The summed E-state index contributed by atoms with van der Waals surface area (Å²) in [5, 5.41) is 12.5. The molecule has 6 nitrogen and oxygen atoms in total. The molecule has 1 aliphatic rings. The minimum absolute atomic E-state index is 0.194. The highest BCUT2D eigenvalue weighted by Gasteiger charge is 2.22. The number of aliphatic hydroxyl groups is 1. The molecule has 23 heavy (non-hydrogen) atoms. The molecule has 2 aromatic rings. The summed E-state index contributed by atoms with van der Waals surface area (Å²) in [4.78, 5) is 18.3. The van der Waals surface area contributed by atoms with Gasteiger partial charge in [-0.15, -0.1) is 0 Å². The van der Waals surface area contributed by atoms with Gasteiger partial charge in [0.05, 0.1) is 11.8 Å². The van der Waals surface area contributed by atoms with Crippen LogP contribution in [0.4, 0.5) is 10.5 Å². The van der Waals surface area contributed by atoms with Crippen molar-refractivity contribution in [3.05, 3.63) is 35.7 Å². The first-order valence-electron chi connectivity index (χ1n) is 7.81. The summed E-state index contributed by atoms with van der Waals surface area (Å²) in [6.45, 7) is 4.82. The molecule has 0 saturated carbocycles. The third kappa shape index (κ3) is 3.53. The van der Waals surface area contributed by atoms with E-state index in [0.29, 0.717) is 24.7 Å². The molecule has 1 atom stereocenters. The smallest absolute Gasteiger partial charge is 0.321 e. The van der Waals surface area contributed by atoms with Gasteiger partial charge in [0, 0.05) is 24.3 Å². The number of aliphatic hydroxyl groups excluding tert-OH is 1. The van der Waals surface area contributed by atoms with Crippen molar-refractivity contribution < 1.29 is 14.3 Å². The van der Waals surface area contributed by atoms with Crippen LogP contribution in [0.2, 0.25) is 0 Å². The van der Waals surface area contributed by atoms with E-state index in [9.17, 15) is 9.90 Å². The minimum atomic E-state index is -0.431. The Morgan fingerprint density at radius 2 is 2.26 bits per heavy atom. The van der Waals surface area contributed by atoms with Crippen LogP contribution >= 0.6 is 0 Å². The number of urea groups is 1. The van der Waals surface area contributed by atoms with Gasteiger partial charge in [-0.2, -0.15) is 0 Å². The number of nitrogens with zero attached hydrogens (tertiary/aromatic N) is 2. The average Bonchev–Trinajstić information content (AvgIpc) is 2.87. The minimum Gasteiger partial charge on any atom is -0.441 e. The fourth-order valence-corrected chi connectivity index (χ4v) is 2.67. The number of carbonyl (C=O) groups is 1. The molecule has 0 aliphatic carbocycles. The summed E-state index contributed by atoms with van der Waals surface area (Å²) in [6, 6.07) is 7.21. The van der Waals surface area contributed by atoms with Crippen LogP contribution in [0.1, 0.15) is 24.3 Å². The molecule has 0 spiro atoms. The van der Waals surface area contributed by atoms with Crippen LogP contribution in [0, 0.1) is 13.8 Å². The van der Waals surface area contributed by atoms with Gasteiger partial charge >= 0.3 is 6.03 Å². The van der Waals surface area contributed by atoms with Crippen LogP contribution < -0.4 is 5.32 Å². The fraction of sp³-hybridized carbons (Fsp3) is 0.412. The summed E-state index contributed by atoms with van der Waals surface area (Å²) < 4.78 is 5.62. The van der Waals surface area contributed by atoms with Gasteiger partial charge in [0.2, 0.25) is 5.89 Å². The number of carbonyl (C=O) groups excluding carboxylic acids is 1. The van der Waals surface area contributed by atoms with E-state index in [1.807, 2.05) is 38.1 Å². The molecule has 0 bridgehead atoms. The summed E-state index contributed by atoms with van der Waals surface area (Å²) >= 11 is 0. The highest BCUT2D eigenvalue weighted by Crippen LogP contribution is 2.24. The number of hydrogen-bond donors (Lipinski definition) is 2. The number of benzene rings is 1. The quantitative estimate of drug-likeness (QED) is 0.893. The molecule has 122 valence electrons. The maximum atomic E-state index is 12.3. The van der Waals surface area contributed by atoms with Crippen molar-refractivity contribution in [2.45, 2.75) is 32.8 Å². The Morgan fingerprint density at radius 1 is 1.43 bits per heavy atom. The van der Waals surface area contributed by atoms with Crippen LogP contribution in [-0.2, 0) is 0 Å². The number of likely N-dealkylation sites (tertiary alicyclic amines) is 1. The van der Waals surface area contributed by atoms with E-state index in [4.69, 9.17) is 4.42 Å². The molecular weight excluding hydrogens is 294 g/mol. The molecular formula is C17H21N3O3. The van der Waals surface area contributed by atoms with Gasteiger partial charge in [-0.05, 0) is 44.9 Å². The number of aryl methyl sites for hydroxylation is 2. The van der Waals surface area contributed by atoms with Gasteiger partial charge in [-0.1, -0.05) is 6.07 Å². The number of β-amino-alcohol motifs (C(OH)–C–C–N with tert-alkyl or cyclic N) is 1. The summed E-state index contributed by atoms with van der Waals surface area (Å²) in [5.74, 6) is 1.33. The van der Waals surface area contributed by atoms with Gasteiger partial charge in [-0.3, -0.25) is 0 Å². The molecule has 2 N–H and O–H groups in total. The number of rotatable bonds is 2. The van der Waals surface area contributed by atoms with Crippen molar-refractivity contribution in [1.82, 2.24) is 9.88 Å². The van der Waals surface area contributed by atoms with Crippen molar-refractivity contribution in [1.29, 1.82) is 0 Å². The number of piperidine rings is 1. The van der Waals surface area contributed by atoms with Crippen molar-refractivity contribution in [3.8, 4) is 11.5 Å². The van der Waals surface area contributed by atoms with Crippen molar-refractivity contribution in [3.63, 3.8) is 0 Å². The molecule has 3 rings (SSSR count). The van der Waals surface area contributed by atoms with E-state index in [0.717, 1.165) is 29.9 Å². The predicted octanol–water partition coefficient (Wildman–Crippen LogP) is 2.95. The zero-order valence-corrected chi connectivity index (χ0v) is 13.4. The lowest BCUT2D eigenvalue weighted by Crippen LogP contribution is -2.44. The van der Waals surface area contributed by atoms with Gasteiger partial charge in [-0.25, -0.2) is 9.78 Å². The molecule has 1 aromatic carbocycles. The number of oxazole rings is 1. The van der Waals surface area contributed by atoms with E-state index in [1.54, 1.807) is 4.90 Å². The zero-order chi connectivity index (χ0) is 16.4. The maximum absolute atomic E-state index is 12.3. The van der Waals surface area contributed by atoms with E-state index < -0.39 is 6.10 Å². The first-order chi connectivity index (χ1) is 11.0. The number of amides is 2. The SMILES string of the molecule is Cc1nc(-c2cccc(NC(=O)N3CCCC(O)C3)c2)oc1C. The summed E-state index contributed by atoms with van der Waals surface area (Å²) in [7, 11) is 0. The van der Waals surface area contributed by atoms with Crippen molar-refractivity contribution >= 4 is 11.7 Å². The molecule has 2 amide bonds. The summed E-state index contributed by atoms with van der Waals surface area (Å²) in [5.41, 5.74) is 2.36. The highest BCUT2D eigenvalue weighted by molar-refractivity contribution is 5.90. The second-order valence-electron chi connectivity index (χ2n) is 5.91. The Hall–Kier alpha value is -2.34. The van der Waals surface area contributed by atoms with E-state index in [-0.39, 0.29) is 6.03 Å². The first kappa shape index (κ1) is 15.6. The number of hydrogen-bond acceptors (Lipinski definition) is 4. The van der Waals surface area contributed by atoms with Crippen LogP contribution in [0.3, 0.4) is 0 Å². The highest BCUT2D eigenvalue weighted by atomic mass is 16.4. The molecule has 1 aromatic heterocycles. The largest absolute Gasteiger partial charge is 0.441 e. The second kappa shape index (κ2) is 6.42. The number of aromatic nitrogens is 1. The third-order valence-electron chi connectivity index (χ3n) is 4.07. The molecule has 1 saturated heterocycles. The Labute approximate surface area is 135 Å². The monoisotopic (exact) mass is 315 g/mol. The molecule has 0 radical (unpaired) electrons. The molecule has 6 heteroatoms. The van der Waals surface area contributed by atoms with Crippen molar-refractivity contribution in [2.75, 3.05) is 18.4 Å². The number of nitrogens with one attached hydrogen (secondary N) is 1. The Balaban J connectivity index is 1.73. The van der Waals surface area contributed by atoms with Gasteiger partial charge in [0.1, 0.15) is 5.76 Å². The van der Waals surface area contributed by atoms with Gasteiger partial charge in [0.15, 0.2) is 0 Å². The maximum Gasteiger partial charge on any atom is 0.321 e. The lowest BCUT2D eigenvalue weighted by atomic mass is 10.1. The van der Waals surface area contributed by atoms with Gasteiger partial charge in [0.25, 0.3) is 0 Å². The van der Waals surface area contributed by atoms with E-state index in [2.05, 4.69) is 10.3 Å². The Morgan fingerprint density at radius 3 is 2.96 bits per heavy atom. The van der Waals surface area contributed by atoms with Crippen LogP contribution in [-0.4, -0.2) is 40.2 Å². The fourth-order valence-electron chi connectivity index (χ4n) is 2.67. The zero-order valence-electron chi connectivity index (χ0n) is 13.4. The first-order valence-corrected chi connectivity index (χ1v) is 7.81. The van der Waals surface area contributed by atoms with Crippen LogP contribution in [0.15, 0.2) is 28.7 Å². The molecule has 2 heterocycles. The lowest BCUT2D eigenvalue weighted by Gasteiger charge is -2.30. The standard InChI is InChI=1S/C17H21N3O3/c1-11-12(2)23-16(18-11)13-5-3-6-14(9-13)19-17(22)20-8-4-7-15(21)10-20/h3,5-6,9,15,21H,4,7-8,10H2,1-2H3,(H,19,22). The normalized spacial score (nSPS) is 18.0. The predicted molar refractivity (Wildman–Crippen MR) is 87.2 cm³/mol. The molecule has 1 fully saturated rings. The average molecular weight is 315 g/mol. The number of anilines is 1. The third-order valence-corrected chi connectivity index (χ3v) is 4.07. The Kier molecular flexibility index (Phi) is 4.34. The summed E-state index contributed by atoms with van der Waals surface area (Å²) in [6.07, 6.45) is 1.14. The molecule has 1 aliphatic heterocycles. The van der Waals surface area contributed by atoms with Gasteiger partial charge < -0.3 is 19.7 Å². The van der Waals surface area contributed by atoms with Crippen LogP contribution in [0.25, 0.3) is 11.5 Å². The van der Waals surface area contributed by atoms with E-state index in [1.165, 1.54) is 0 Å². The van der Waals surface area contributed by atoms with E-state index >= 15 is 0 Å². The lowest BCUT2D eigenvalue weighted by molar-refractivity contribution is 0.0883.